The van der Waals surface area contributed by atoms with Crippen molar-refractivity contribution in [3.63, 3.8) is 0 Å². The number of benzene rings is 1. The Morgan fingerprint density at radius 3 is 2.74 bits per heavy atom. The summed E-state index contributed by atoms with van der Waals surface area (Å²) in [4.78, 5) is 27.0. The number of ether oxygens (including phenoxy) is 1. The summed E-state index contributed by atoms with van der Waals surface area (Å²) in [5.41, 5.74) is 9.56. The van der Waals surface area contributed by atoms with Gasteiger partial charge in [-0.3, -0.25) is 9.78 Å². The summed E-state index contributed by atoms with van der Waals surface area (Å²) >= 11 is 0. The summed E-state index contributed by atoms with van der Waals surface area (Å²) in [6.07, 6.45) is 4.88. The molecule has 0 aliphatic heterocycles. The maximum atomic E-state index is 12.0. The van der Waals surface area contributed by atoms with E-state index in [0.29, 0.717) is 18.7 Å². The molecule has 1 amide bonds. The van der Waals surface area contributed by atoms with Gasteiger partial charge in [-0.1, -0.05) is 6.07 Å². The average molecular weight is 365 g/mol. The molecule has 7 heteroatoms. The van der Waals surface area contributed by atoms with Gasteiger partial charge < -0.3 is 20.1 Å². The maximum absolute atomic E-state index is 12.0. The van der Waals surface area contributed by atoms with Crippen molar-refractivity contribution in [2.45, 2.75) is 25.3 Å². The van der Waals surface area contributed by atoms with Crippen LogP contribution < -0.4 is 10.5 Å². The Kier molecular flexibility index (Phi) is 4.27. The topological polar surface area (TPSA) is 107 Å². The van der Waals surface area contributed by atoms with Gasteiger partial charge in [-0.25, -0.2) is 4.79 Å². The minimum atomic E-state index is -1.05. The number of aromatic nitrogens is 2. The fourth-order valence-corrected chi connectivity index (χ4v) is 3.92. The first-order chi connectivity index (χ1) is 13.1. The number of pyridine rings is 1. The van der Waals surface area contributed by atoms with Crippen molar-refractivity contribution in [3.05, 3.63) is 59.5 Å². The van der Waals surface area contributed by atoms with Gasteiger partial charge >= 0.3 is 5.97 Å². The predicted molar refractivity (Wildman–Crippen MR) is 98.7 cm³/mol. The molecule has 4 rings (SSSR count). The summed E-state index contributed by atoms with van der Waals surface area (Å²) in [7, 11) is 0. The fourth-order valence-electron chi connectivity index (χ4n) is 3.92. The number of primary amides is 1. The average Bonchev–Trinajstić information content (AvgIpc) is 3.21. The number of fused-ring (bicyclic) bond motifs is 3. The van der Waals surface area contributed by atoms with Gasteiger partial charge in [0.1, 0.15) is 5.75 Å². The second-order valence-electron chi connectivity index (χ2n) is 6.63. The zero-order valence-corrected chi connectivity index (χ0v) is 14.6. The van der Waals surface area contributed by atoms with Crippen molar-refractivity contribution >= 4 is 22.8 Å². The number of carboxylic acids is 1. The summed E-state index contributed by atoms with van der Waals surface area (Å²) in [6, 6.07) is 9.42. The van der Waals surface area contributed by atoms with E-state index >= 15 is 0 Å². The summed E-state index contributed by atoms with van der Waals surface area (Å²) in [6.45, 7) is 0.187. The Morgan fingerprint density at radius 1 is 1.26 bits per heavy atom. The molecule has 7 nitrogen and oxygen atoms in total. The zero-order valence-electron chi connectivity index (χ0n) is 14.6. The number of carboxylic acid groups (broad SMARTS) is 1. The van der Waals surface area contributed by atoms with Crippen molar-refractivity contribution in [2.75, 3.05) is 6.61 Å². The van der Waals surface area contributed by atoms with E-state index in [1.807, 2.05) is 24.3 Å². The zero-order chi connectivity index (χ0) is 19.0. The van der Waals surface area contributed by atoms with Crippen LogP contribution >= 0.6 is 0 Å². The first kappa shape index (κ1) is 17.1. The lowest BCUT2D eigenvalue weighted by Crippen LogP contribution is -2.19. The largest absolute Gasteiger partial charge is 0.481 e. The van der Waals surface area contributed by atoms with Gasteiger partial charge in [0, 0.05) is 30.0 Å². The lowest BCUT2D eigenvalue weighted by molar-refractivity contribution is -0.139. The molecular weight excluding hydrogens is 346 g/mol. The van der Waals surface area contributed by atoms with Gasteiger partial charge in [0.05, 0.1) is 11.4 Å². The molecular formula is C20H19N3O4. The first-order valence-corrected chi connectivity index (χ1v) is 8.73. The van der Waals surface area contributed by atoms with Gasteiger partial charge in [0.2, 0.25) is 5.91 Å². The molecule has 0 bridgehead atoms. The Hall–Kier alpha value is -3.35. The molecule has 3 N–H and O–H groups in total. The minimum Gasteiger partial charge on any atom is -0.481 e. The molecule has 2 heterocycles. The maximum Gasteiger partial charge on any atom is 0.341 e. The van der Waals surface area contributed by atoms with Crippen molar-refractivity contribution in [3.8, 4) is 5.75 Å². The molecule has 2 aromatic heterocycles. The van der Waals surface area contributed by atoms with E-state index in [1.54, 1.807) is 18.5 Å². The number of rotatable bonds is 6. The molecule has 0 saturated heterocycles. The van der Waals surface area contributed by atoms with Crippen LogP contribution in [0.5, 0.6) is 5.75 Å². The second kappa shape index (κ2) is 6.75. The highest BCUT2D eigenvalue weighted by molar-refractivity contribution is 5.97. The number of aliphatic carboxylic acids is 1. The number of carbonyl (C=O) groups excluding carboxylic acids is 1. The van der Waals surface area contributed by atoms with Crippen LogP contribution in [0, 0.1) is 0 Å². The van der Waals surface area contributed by atoms with E-state index in [2.05, 4.69) is 9.55 Å². The molecule has 1 aromatic carbocycles. The van der Waals surface area contributed by atoms with Gasteiger partial charge in [-0.15, -0.1) is 0 Å². The second-order valence-corrected chi connectivity index (χ2v) is 6.63. The van der Waals surface area contributed by atoms with Crippen molar-refractivity contribution in [1.82, 2.24) is 9.55 Å². The SMILES string of the molecule is NC(=O)C1CCc2c1c1c(OCC(=O)O)cccc1n2Cc1ccncc1. The Morgan fingerprint density at radius 2 is 2.04 bits per heavy atom. The quantitative estimate of drug-likeness (QED) is 0.695. The van der Waals surface area contributed by atoms with Gasteiger partial charge in [0.15, 0.2) is 6.61 Å². The molecule has 3 aromatic rings. The van der Waals surface area contributed by atoms with E-state index < -0.39 is 18.5 Å². The van der Waals surface area contributed by atoms with E-state index in [1.165, 1.54) is 0 Å². The molecule has 1 aliphatic rings. The molecule has 0 radical (unpaired) electrons. The molecule has 1 aliphatic carbocycles. The van der Waals surface area contributed by atoms with Crippen molar-refractivity contribution in [1.29, 1.82) is 0 Å². The number of nitrogens with zero attached hydrogens (tertiary/aromatic N) is 2. The fraction of sp³-hybridized carbons (Fsp3) is 0.250. The van der Waals surface area contributed by atoms with Crippen LogP contribution in [-0.2, 0) is 22.6 Å². The number of hydrogen-bond acceptors (Lipinski definition) is 4. The third-order valence-corrected chi connectivity index (χ3v) is 5.00. The minimum absolute atomic E-state index is 0.371. The monoisotopic (exact) mass is 365 g/mol. The number of nitrogens with two attached hydrogens (primary N) is 1. The van der Waals surface area contributed by atoms with Gasteiger partial charge in [0.25, 0.3) is 0 Å². The van der Waals surface area contributed by atoms with Gasteiger partial charge in [-0.2, -0.15) is 0 Å². The van der Waals surface area contributed by atoms with Crippen LogP contribution in [0.4, 0.5) is 0 Å². The van der Waals surface area contributed by atoms with Crippen LogP contribution in [0.2, 0.25) is 0 Å². The van der Waals surface area contributed by atoms with Crippen molar-refractivity contribution in [2.24, 2.45) is 5.73 Å². The summed E-state index contributed by atoms with van der Waals surface area (Å²) < 4.78 is 7.69. The standard InChI is InChI=1S/C20H19N3O4/c21-20(26)13-4-5-15-18(13)19-14(2-1-3-16(19)27-11-17(24)25)23(15)10-12-6-8-22-9-7-12/h1-3,6-9,13H,4-5,10-11H2,(H2,21,26)(H,24,25). The Balaban J connectivity index is 1.90. The van der Waals surface area contributed by atoms with Crippen LogP contribution in [0.25, 0.3) is 10.9 Å². The van der Waals surface area contributed by atoms with Crippen LogP contribution in [-0.4, -0.2) is 33.1 Å². The molecule has 0 spiro atoms. The normalized spacial score (nSPS) is 15.6. The lowest BCUT2D eigenvalue weighted by atomic mass is 9.99. The van der Waals surface area contributed by atoms with Crippen LogP contribution in [0.15, 0.2) is 42.7 Å². The smallest absolute Gasteiger partial charge is 0.341 e. The molecule has 0 fully saturated rings. The van der Waals surface area contributed by atoms with E-state index in [-0.39, 0.29) is 5.91 Å². The van der Waals surface area contributed by atoms with E-state index in [9.17, 15) is 9.59 Å². The molecule has 27 heavy (non-hydrogen) atoms. The third kappa shape index (κ3) is 3.01. The number of carbonyl (C=O) groups is 2. The first-order valence-electron chi connectivity index (χ1n) is 8.73. The number of amides is 1. The highest BCUT2D eigenvalue weighted by atomic mass is 16.5. The molecule has 1 unspecified atom stereocenters. The third-order valence-electron chi connectivity index (χ3n) is 5.00. The number of hydrogen-bond donors (Lipinski definition) is 2. The molecule has 138 valence electrons. The molecule has 1 atom stereocenters. The summed E-state index contributed by atoms with van der Waals surface area (Å²) in [5.74, 6) is -1.35. The van der Waals surface area contributed by atoms with E-state index in [4.69, 9.17) is 15.6 Å². The molecule has 0 saturated carbocycles. The lowest BCUT2D eigenvalue weighted by Gasteiger charge is -2.11. The van der Waals surface area contributed by atoms with E-state index in [0.717, 1.165) is 34.1 Å². The summed E-state index contributed by atoms with van der Waals surface area (Å²) in [5, 5.41) is 9.75. The predicted octanol–water partition coefficient (Wildman–Crippen LogP) is 2.06. The van der Waals surface area contributed by atoms with Gasteiger partial charge in [-0.05, 0) is 48.2 Å². The Bertz CT molecular complexity index is 1030. The van der Waals surface area contributed by atoms with Crippen LogP contribution in [0.1, 0.15) is 29.2 Å². The Labute approximate surface area is 155 Å². The van der Waals surface area contributed by atoms with Crippen LogP contribution in [0.3, 0.4) is 0 Å². The highest BCUT2D eigenvalue weighted by Gasteiger charge is 2.34. The highest BCUT2D eigenvalue weighted by Crippen LogP contribution is 2.44. The van der Waals surface area contributed by atoms with Crippen molar-refractivity contribution < 1.29 is 19.4 Å².